The number of nitrogens with one attached hydrogen (secondary N) is 1. The molecule has 1 heterocycles. The highest BCUT2D eigenvalue weighted by atomic mass is 16.5. The summed E-state index contributed by atoms with van der Waals surface area (Å²) < 4.78 is 11.0. The quantitative estimate of drug-likeness (QED) is 0.490. The van der Waals surface area contributed by atoms with Crippen molar-refractivity contribution in [2.24, 2.45) is 5.92 Å². The molecule has 0 saturated carbocycles. The van der Waals surface area contributed by atoms with Gasteiger partial charge in [0.2, 0.25) is 5.91 Å². The van der Waals surface area contributed by atoms with E-state index in [2.05, 4.69) is 24.1 Å². The maximum atomic E-state index is 12.2. The number of ether oxygens (including phenoxy) is 2. The van der Waals surface area contributed by atoms with E-state index in [1.165, 1.54) is 19.8 Å². The number of hydrogen-bond acceptors (Lipinski definition) is 5. The first kappa shape index (κ1) is 22.2. The molecule has 2 rings (SSSR count). The highest BCUT2D eigenvalue weighted by molar-refractivity contribution is 5.94. The van der Waals surface area contributed by atoms with Crippen molar-refractivity contribution in [1.82, 2.24) is 10.2 Å². The molecule has 1 aliphatic heterocycles. The molecule has 0 aliphatic carbocycles. The van der Waals surface area contributed by atoms with Crippen molar-refractivity contribution in [3.8, 4) is 11.5 Å². The van der Waals surface area contributed by atoms with Gasteiger partial charge in [-0.1, -0.05) is 6.92 Å². The summed E-state index contributed by atoms with van der Waals surface area (Å²) in [5.74, 6) is 1.90. The largest absolute Gasteiger partial charge is 0.493 e. The van der Waals surface area contributed by atoms with Crippen LogP contribution in [0.1, 0.15) is 56.8 Å². The fourth-order valence-corrected chi connectivity index (χ4v) is 3.65. The minimum atomic E-state index is -0.0188. The van der Waals surface area contributed by atoms with Crippen molar-refractivity contribution in [1.29, 1.82) is 0 Å². The summed E-state index contributed by atoms with van der Waals surface area (Å²) in [7, 11) is 1.55. The van der Waals surface area contributed by atoms with Crippen LogP contribution in [0.4, 0.5) is 0 Å². The van der Waals surface area contributed by atoms with E-state index in [9.17, 15) is 9.59 Å². The highest BCUT2D eigenvalue weighted by Crippen LogP contribution is 2.28. The van der Waals surface area contributed by atoms with E-state index in [4.69, 9.17) is 9.47 Å². The summed E-state index contributed by atoms with van der Waals surface area (Å²) in [5.41, 5.74) is 0.584. The molecule has 1 N–H and O–H groups in total. The topological polar surface area (TPSA) is 67.9 Å². The van der Waals surface area contributed by atoms with Crippen LogP contribution in [0.25, 0.3) is 0 Å². The van der Waals surface area contributed by atoms with Crippen molar-refractivity contribution in [2.75, 3.05) is 33.4 Å². The fourth-order valence-electron chi connectivity index (χ4n) is 3.65. The number of likely N-dealkylation sites (tertiary alicyclic amines) is 1. The van der Waals surface area contributed by atoms with Crippen LogP contribution in [-0.4, -0.2) is 56.0 Å². The predicted molar refractivity (Wildman–Crippen MR) is 110 cm³/mol. The van der Waals surface area contributed by atoms with E-state index in [1.54, 1.807) is 25.3 Å². The van der Waals surface area contributed by atoms with Crippen LogP contribution in [0.15, 0.2) is 18.2 Å². The number of amides is 1. The molecule has 0 spiro atoms. The average Bonchev–Trinajstić information content (AvgIpc) is 2.65. The molecular weight excluding hydrogens is 356 g/mol. The summed E-state index contributed by atoms with van der Waals surface area (Å²) in [6.45, 7) is 9.45. The van der Waals surface area contributed by atoms with Crippen LogP contribution in [0.2, 0.25) is 0 Å². The lowest BCUT2D eigenvalue weighted by molar-refractivity contribution is -0.122. The Morgan fingerprint density at radius 1 is 1.32 bits per heavy atom. The van der Waals surface area contributed by atoms with Crippen LogP contribution < -0.4 is 14.8 Å². The third-order valence-electron chi connectivity index (χ3n) is 5.06. The molecule has 2 unspecified atom stereocenters. The Balaban J connectivity index is 1.68. The zero-order valence-electron chi connectivity index (χ0n) is 17.6. The molecule has 1 aromatic rings. The predicted octanol–water partition coefficient (Wildman–Crippen LogP) is 3.29. The van der Waals surface area contributed by atoms with E-state index < -0.39 is 0 Å². The molecular formula is C22H34N2O4. The summed E-state index contributed by atoms with van der Waals surface area (Å²) in [5, 5.41) is 3.08. The number of methoxy groups -OCH3 is 1. The van der Waals surface area contributed by atoms with Gasteiger partial charge in [0.25, 0.3) is 0 Å². The Bertz CT molecular complexity index is 662. The molecule has 6 nitrogen and oxygen atoms in total. The van der Waals surface area contributed by atoms with Crippen LogP contribution in [0.5, 0.6) is 11.5 Å². The molecule has 1 saturated heterocycles. The summed E-state index contributed by atoms with van der Waals surface area (Å²) in [6.07, 6.45) is 3.60. The Morgan fingerprint density at radius 2 is 2.11 bits per heavy atom. The van der Waals surface area contributed by atoms with Crippen LogP contribution in [-0.2, 0) is 4.79 Å². The molecule has 0 aromatic heterocycles. The van der Waals surface area contributed by atoms with E-state index in [0.29, 0.717) is 36.5 Å². The van der Waals surface area contributed by atoms with Crippen molar-refractivity contribution in [3.05, 3.63) is 23.8 Å². The first-order valence-electron chi connectivity index (χ1n) is 10.2. The molecule has 0 radical (unpaired) electrons. The molecule has 28 heavy (non-hydrogen) atoms. The maximum Gasteiger partial charge on any atom is 0.220 e. The second kappa shape index (κ2) is 11.1. The normalized spacial score (nSPS) is 18.4. The van der Waals surface area contributed by atoms with Crippen LogP contribution in [0.3, 0.4) is 0 Å². The highest BCUT2D eigenvalue weighted by Gasteiger charge is 2.18. The van der Waals surface area contributed by atoms with E-state index in [1.807, 2.05) is 0 Å². The number of ketones is 1. The number of hydrogen-bond donors (Lipinski definition) is 1. The molecule has 1 aromatic carbocycles. The van der Waals surface area contributed by atoms with Gasteiger partial charge < -0.3 is 19.7 Å². The van der Waals surface area contributed by atoms with Crippen LogP contribution in [0, 0.1) is 5.92 Å². The third-order valence-corrected chi connectivity index (χ3v) is 5.06. The lowest BCUT2D eigenvalue weighted by atomic mass is 10.00. The number of benzene rings is 1. The summed E-state index contributed by atoms with van der Waals surface area (Å²) in [4.78, 5) is 26.1. The third kappa shape index (κ3) is 7.15. The van der Waals surface area contributed by atoms with Crippen molar-refractivity contribution < 1.29 is 19.1 Å². The Labute approximate surface area is 168 Å². The van der Waals surface area contributed by atoms with Gasteiger partial charge in [0.15, 0.2) is 17.3 Å². The first-order chi connectivity index (χ1) is 13.4. The second-order valence-corrected chi connectivity index (χ2v) is 7.85. The summed E-state index contributed by atoms with van der Waals surface area (Å²) in [6, 6.07) is 5.28. The van der Waals surface area contributed by atoms with Gasteiger partial charge in [-0.3, -0.25) is 9.59 Å². The van der Waals surface area contributed by atoms with Gasteiger partial charge in [-0.2, -0.15) is 0 Å². The molecule has 1 fully saturated rings. The smallest absolute Gasteiger partial charge is 0.220 e. The van der Waals surface area contributed by atoms with Gasteiger partial charge in [0, 0.05) is 31.1 Å². The van der Waals surface area contributed by atoms with Gasteiger partial charge in [-0.25, -0.2) is 0 Å². The second-order valence-electron chi connectivity index (χ2n) is 7.85. The number of Topliss-reactive ketones (excluding diaryl/α,β-unsaturated/α-hetero) is 1. The first-order valence-corrected chi connectivity index (χ1v) is 10.2. The molecule has 0 bridgehead atoms. The van der Waals surface area contributed by atoms with Gasteiger partial charge in [-0.15, -0.1) is 0 Å². The minimum Gasteiger partial charge on any atom is -0.493 e. The zero-order valence-corrected chi connectivity index (χ0v) is 17.6. The fraction of sp³-hybridized carbons (Fsp3) is 0.636. The molecule has 1 amide bonds. The monoisotopic (exact) mass is 390 g/mol. The van der Waals surface area contributed by atoms with Crippen LogP contribution >= 0.6 is 0 Å². The zero-order chi connectivity index (χ0) is 20.5. The standard InChI is InChI=1S/C22H34N2O4/c1-16-7-5-11-24(14-16)15-17(2)23-22(26)8-6-12-28-20-10-9-19(18(3)25)13-21(20)27-4/h9-10,13,16-17H,5-8,11-12,14-15H2,1-4H3,(H,23,26). The minimum absolute atomic E-state index is 0.0188. The molecule has 156 valence electrons. The van der Waals surface area contributed by atoms with Gasteiger partial charge in [-0.05, 0) is 63.8 Å². The summed E-state index contributed by atoms with van der Waals surface area (Å²) >= 11 is 0. The van der Waals surface area contributed by atoms with E-state index >= 15 is 0 Å². The van der Waals surface area contributed by atoms with Crippen molar-refractivity contribution in [3.63, 3.8) is 0 Å². The van der Waals surface area contributed by atoms with Crippen molar-refractivity contribution >= 4 is 11.7 Å². The molecule has 2 atom stereocenters. The Morgan fingerprint density at radius 3 is 2.79 bits per heavy atom. The van der Waals surface area contributed by atoms with E-state index in [-0.39, 0.29) is 17.7 Å². The number of carbonyl (C=O) groups excluding carboxylic acids is 2. The molecule has 1 aliphatic rings. The number of piperidine rings is 1. The van der Waals surface area contributed by atoms with Gasteiger partial charge in [0.05, 0.1) is 13.7 Å². The number of rotatable bonds is 10. The van der Waals surface area contributed by atoms with Crippen molar-refractivity contribution in [2.45, 2.75) is 52.5 Å². The lowest BCUT2D eigenvalue weighted by Crippen LogP contribution is -2.45. The lowest BCUT2D eigenvalue weighted by Gasteiger charge is -2.32. The Kier molecular flexibility index (Phi) is 8.77. The van der Waals surface area contributed by atoms with Gasteiger partial charge in [0.1, 0.15) is 0 Å². The van der Waals surface area contributed by atoms with Gasteiger partial charge >= 0.3 is 0 Å². The van der Waals surface area contributed by atoms with E-state index in [0.717, 1.165) is 25.6 Å². The SMILES string of the molecule is COc1cc(C(C)=O)ccc1OCCCC(=O)NC(C)CN1CCCC(C)C1. The molecule has 6 heteroatoms. The number of nitrogens with zero attached hydrogens (tertiary/aromatic N) is 1. The maximum absolute atomic E-state index is 12.2. The average molecular weight is 391 g/mol. The number of carbonyl (C=O) groups is 2. The Hall–Kier alpha value is -2.08.